The molecule has 0 radical (unpaired) electrons. The van der Waals surface area contributed by atoms with Crippen molar-refractivity contribution in [2.45, 2.75) is 32.2 Å². The maximum Gasteiger partial charge on any atom is 0.329 e. The van der Waals surface area contributed by atoms with Crippen molar-refractivity contribution in [3.63, 3.8) is 0 Å². The fourth-order valence-corrected chi connectivity index (χ4v) is 2.25. The van der Waals surface area contributed by atoms with Gasteiger partial charge >= 0.3 is 5.97 Å². The van der Waals surface area contributed by atoms with Crippen molar-refractivity contribution in [2.24, 2.45) is 0 Å². The minimum Gasteiger partial charge on any atom is -0.480 e. The molecule has 0 saturated heterocycles. The minimum absolute atomic E-state index is 0.364. The van der Waals surface area contributed by atoms with Crippen LogP contribution in [0.4, 0.5) is 10.1 Å². The van der Waals surface area contributed by atoms with Crippen molar-refractivity contribution < 1.29 is 14.3 Å². The maximum atomic E-state index is 13.2. The monoisotopic (exact) mass is 276 g/mol. The van der Waals surface area contributed by atoms with E-state index >= 15 is 0 Å². The summed E-state index contributed by atoms with van der Waals surface area (Å²) < 4.78 is 13.2. The van der Waals surface area contributed by atoms with Crippen molar-refractivity contribution in [2.75, 3.05) is 5.32 Å². The van der Waals surface area contributed by atoms with Crippen LogP contribution in [0.25, 0.3) is 10.9 Å². The van der Waals surface area contributed by atoms with E-state index in [1.807, 2.05) is 6.92 Å². The van der Waals surface area contributed by atoms with Crippen molar-refractivity contribution in [1.29, 1.82) is 0 Å². The molecule has 0 aliphatic carbocycles. The summed E-state index contributed by atoms with van der Waals surface area (Å²) in [4.78, 5) is 15.6. The highest BCUT2D eigenvalue weighted by molar-refractivity contribution is 5.93. The quantitative estimate of drug-likeness (QED) is 0.878. The molecule has 106 valence electrons. The zero-order chi connectivity index (χ0) is 14.8. The first-order valence-corrected chi connectivity index (χ1v) is 6.52. The number of carboxylic acid groups (broad SMARTS) is 1. The second-order valence-corrected chi connectivity index (χ2v) is 5.03. The number of aromatic nitrogens is 1. The Kier molecular flexibility index (Phi) is 3.88. The predicted molar refractivity (Wildman–Crippen MR) is 76.3 cm³/mol. The summed E-state index contributed by atoms with van der Waals surface area (Å²) in [6, 6.07) is 5.98. The number of nitrogens with zero attached hydrogens (tertiary/aromatic N) is 1. The Bertz CT molecular complexity index is 645. The molecule has 0 aliphatic heterocycles. The van der Waals surface area contributed by atoms with Gasteiger partial charge in [-0.25, -0.2) is 9.18 Å². The van der Waals surface area contributed by atoms with Crippen LogP contribution in [0.1, 0.15) is 26.7 Å². The van der Waals surface area contributed by atoms with Crippen LogP contribution < -0.4 is 5.32 Å². The SMILES string of the molecule is CCCC(C)(Nc1ccnc2cc(F)ccc12)C(=O)O. The smallest absolute Gasteiger partial charge is 0.329 e. The number of hydrogen-bond acceptors (Lipinski definition) is 3. The zero-order valence-corrected chi connectivity index (χ0v) is 11.5. The zero-order valence-electron chi connectivity index (χ0n) is 11.5. The number of anilines is 1. The molecule has 1 aromatic carbocycles. The maximum absolute atomic E-state index is 13.2. The van der Waals surface area contributed by atoms with Gasteiger partial charge in [0.25, 0.3) is 0 Å². The molecular formula is C15H17FN2O2. The lowest BCUT2D eigenvalue weighted by atomic mass is 9.95. The first-order valence-electron chi connectivity index (χ1n) is 6.52. The van der Waals surface area contributed by atoms with Gasteiger partial charge in [0.2, 0.25) is 0 Å². The summed E-state index contributed by atoms with van der Waals surface area (Å²) in [5.41, 5.74) is 0.0878. The molecule has 2 rings (SSSR count). The predicted octanol–water partition coefficient (Wildman–Crippen LogP) is 3.43. The van der Waals surface area contributed by atoms with E-state index in [2.05, 4.69) is 10.3 Å². The topological polar surface area (TPSA) is 62.2 Å². The van der Waals surface area contributed by atoms with Crippen molar-refractivity contribution in [1.82, 2.24) is 4.98 Å². The first-order chi connectivity index (χ1) is 9.46. The molecule has 1 unspecified atom stereocenters. The lowest BCUT2D eigenvalue weighted by molar-refractivity contribution is -0.141. The number of rotatable bonds is 5. The van der Waals surface area contributed by atoms with Crippen LogP contribution >= 0.6 is 0 Å². The Morgan fingerprint density at radius 3 is 2.85 bits per heavy atom. The molecule has 0 amide bonds. The van der Waals surface area contributed by atoms with Crippen molar-refractivity contribution in [3.05, 3.63) is 36.3 Å². The lowest BCUT2D eigenvalue weighted by Crippen LogP contribution is -2.43. The van der Waals surface area contributed by atoms with Gasteiger partial charge in [0.15, 0.2) is 0 Å². The van der Waals surface area contributed by atoms with Crippen LogP contribution in [0.15, 0.2) is 30.5 Å². The number of fused-ring (bicyclic) bond motifs is 1. The molecule has 0 spiro atoms. The number of carboxylic acids is 1. The third kappa shape index (κ3) is 2.71. The van der Waals surface area contributed by atoms with Gasteiger partial charge in [0.05, 0.1) is 5.52 Å². The van der Waals surface area contributed by atoms with E-state index in [4.69, 9.17) is 0 Å². The molecule has 2 aromatic rings. The highest BCUT2D eigenvalue weighted by Crippen LogP contribution is 2.27. The average Bonchev–Trinajstić information content (AvgIpc) is 2.38. The average molecular weight is 276 g/mol. The van der Waals surface area contributed by atoms with E-state index in [0.29, 0.717) is 23.0 Å². The molecule has 20 heavy (non-hydrogen) atoms. The number of halogens is 1. The normalized spacial score (nSPS) is 13.9. The second-order valence-electron chi connectivity index (χ2n) is 5.03. The van der Waals surface area contributed by atoms with Gasteiger partial charge in [-0.05, 0) is 31.5 Å². The van der Waals surface area contributed by atoms with E-state index < -0.39 is 11.5 Å². The molecule has 0 saturated carbocycles. The van der Waals surface area contributed by atoms with Gasteiger partial charge in [0.1, 0.15) is 11.4 Å². The van der Waals surface area contributed by atoms with E-state index in [9.17, 15) is 14.3 Å². The van der Waals surface area contributed by atoms with E-state index in [-0.39, 0.29) is 5.82 Å². The van der Waals surface area contributed by atoms with Crippen LogP contribution in [0.5, 0.6) is 0 Å². The Balaban J connectivity index is 2.45. The van der Waals surface area contributed by atoms with E-state index in [0.717, 1.165) is 6.42 Å². The summed E-state index contributed by atoms with van der Waals surface area (Å²) in [5, 5.41) is 13.2. The standard InChI is InChI=1S/C15H17FN2O2/c1-3-7-15(2,14(19)20)18-12-6-8-17-13-9-10(16)4-5-11(12)13/h4-6,8-9H,3,7H2,1-2H3,(H,17,18)(H,19,20). The molecule has 1 atom stereocenters. The Morgan fingerprint density at radius 2 is 2.20 bits per heavy atom. The number of nitrogens with one attached hydrogen (secondary N) is 1. The van der Waals surface area contributed by atoms with Gasteiger partial charge in [0, 0.05) is 23.3 Å². The number of aliphatic carboxylic acids is 1. The summed E-state index contributed by atoms with van der Waals surface area (Å²) in [7, 11) is 0. The summed E-state index contributed by atoms with van der Waals surface area (Å²) in [6.45, 7) is 3.58. The molecule has 1 heterocycles. The van der Waals surface area contributed by atoms with E-state index in [1.54, 1.807) is 25.3 Å². The molecule has 4 nitrogen and oxygen atoms in total. The van der Waals surface area contributed by atoms with Crippen LogP contribution in [0.3, 0.4) is 0 Å². The summed E-state index contributed by atoms with van der Waals surface area (Å²) >= 11 is 0. The number of benzene rings is 1. The van der Waals surface area contributed by atoms with E-state index in [1.165, 1.54) is 12.1 Å². The molecule has 5 heteroatoms. The molecular weight excluding hydrogens is 259 g/mol. The number of pyridine rings is 1. The number of hydrogen-bond donors (Lipinski definition) is 2. The van der Waals surface area contributed by atoms with Gasteiger partial charge in [-0.15, -0.1) is 0 Å². The fourth-order valence-electron chi connectivity index (χ4n) is 2.25. The molecule has 2 N–H and O–H groups in total. The highest BCUT2D eigenvalue weighted by Gasteiger charge is 2.32. The van der Waals surface area contributed by atoms with Crippen LogP contribution in [-0.4, -0.2) is 21.6 Å². The van der Waals surface area contributed by atoms with Gasteiger partial charge in [-0.3, -0.25) is 4.98 Å². The molecule has 0 fully saturated rings. The Morgan fingerprint density at radius 1 is 1.45 bits per heavy atom. The number of carbonyl (C=O) groups is 1. The highest BCUT2D eigenvalue weighted by atomic mass is 19.1. The Hall–Kier alpha value is -2.17. The first kappa shape index (κ1) is 14.2. The van der Waals surface area contributed by atoms with Gasteiger partial charge in [-0.2, -0.15) is 0 Å². The van der Waals surface area contributed by atoms with Crippen molar-refractivity contribution >= 4 is 22.6 Å². The molecule has 0 aliphatic rings. The van der Waals surface area contributed by atoms with Crippen LogP contribution in [0, 0.1) is 5.82 Å². The van der Waals surface area contributed by atoms with Crippen molar-refractivity contribution in [3.8, 4) is 0 Å². The molecule has 1 aromatic heterocycles. The largest absolute Gasteiger partial charge is 0.480 e. The fraction of sp³-hybridized carbons (Fsp3) is 0.333. The summed E-state index contributed by atoms with van der Waals surface area (Å²) in [5.74, 6) is -1.27. The Labute approximate surface area is 116 Å². The second kappa shape index (κ2) is 5.45. The van der Waals surface area contributed by atoms with Gasteiger partial charge in [-0.1, -0.05) is 13.3 Å². The molecule has 0 bridgehead atoms. The lowest BCUT2D eigenvalue weighted by Gasteiger charge is -2.27. The minimum atomic E-state index is -1.06. The third-order valence-electron chi connectivity index (χ3n) is 3.34. The third-order valence-corrected chi connectivity index (χ3v) is 3.34. The van der Waals surface area contributed by atoms with Crippen LogP contribution in [-0.2, 0) is 4.79 Å². The summed E-state index contributed by atoms with van der Waals surface area (Å²) in [6.07, 6.45) is 2.78. The van der Waals surface area contributed by atoms with Crippen LogP contribution in [0.2, 0.25) is 0 Å². The van der Waals surface area contributed by atoms with Gasteiger partial charge < -0.3 is 10.4 Å².